The van der Waals surface area contributed by atoms with E-state index in [1.54, 1.807) is 6.21 Å². The number of hydrogen-bond donors (Lipinski definition) is 2. The average Bonchev–Trinajstić information content (AvgIpc) is 3.07. The summed E-state index contributed by atoms with van der Waals surface area (Å²) in [4.78, 5) is 28.6. The second-order valence-electron chi connectivity index (χ2n) is 4.68. The Labute approximate surface area is 114 Å². The molecule has 0 aromatic carbocycles. The van der Waals surface area contributed by atoms with E-state index >= 15 is 0 Å². The molecule has 0 bridgehead atoms. The van der Waals surface area contributed by atoms with Gasteiger partial charge in [0.05, 0.1) is 11.8 Å². The minimum atomic E-state index is -1.26. The molecule has 3 rings (SSSR count). The zero-order valence-corrected chi connectivity index (χ0v) is 10.6. The van der Waals surface area contributed by atoms with Crippen LogP contribution in [-0.2, 0) is 4.79 Å². The highest BCUT2D eigenvalue weighted by molar-refractivity contribution is 6.54. The molecule has 8 nitrogen and oxygen atoms in total. The van der Waals surface area contributed by atoms with Crippen LogP contribution in [0.5, 0.6) is 0 Å². The summed E-state index contributed by atoms with van der Waals surface area (Å²) in [5.41, 5.74) is 1.24. The van der Waals surface area contributed by atoms with Gasteiger partial charge in [0.1, 0.15) is 0 Å². The second-order valence-corrected chi connectivity index (χ2v) is 4.68. The molecule has 2 amide bonds. The first kappa shape index (κ1) is 12.7. The summed E-state index contributed by atoms with van der Waals surface area (Å²) in [5, 5.41) is 20.1. The zero-order chi connectivity index (χ0) is 14.1. The van der Waals surface area contributed by atoms with Gasteiger partial charge in [-0.1, -0.05) is 0 Å². The first-order chi connectivity index (χ1) is 9.68. The van der Waals surface area contributed by atoms with E-state index in [9.17, 15) is 14.7 Å². The largest absolute Gasteiger partial charge is 0.465 e. The fraction of sp³-hybridized carbons (Fsp3) is 0.417. The number of carbonyl (C=O) groups excluding carboxylic acids is 1. The van der Waals surface area contributed by atoms with Crippen molar-refractivity contribution in [1.29, 1.82) is 0 Å². The molecule has 0 aliphatic carbocycles. The summed E-state index contributed by atoms with van der Waals surface area (Å²) in [5.74, 6) is -0.631. The summed E-state index contributed by atoms with van der Waals surface area (Å²) < 4.78 is 0. The molecule has 104 valence electrons. The Morgan fingerprint density at radius 3 is 2.95 bits per heavy atom. The number of fused-ring (bicyclic) bond motifs is 1. The summed E-state index contributed by atoms with van der Waals surface area (Å²) >= 11 is 0. The predicted molar refractivity (Wildman–Crippen MR) is 72.2 cm³/mol. The number of carbonyl (C=O) groups is 2. The molecule has 2 N–H and O–H groups in total. The molecule has 3 aliphatic heterocycles. The summed E-state index contributed by atoms with van der Waals surface area (Å²) in [6.45, 7) is 1.17. The number of amides is 2. The number of hydrogen-bond acceptors (Lipinski definition) is 6. The molecule has 1 fully saturated rings. The van der Waals surface area contributed by atoms with Gasteiger partial charge in [-0.05, 0) is 13.0 Å². The van der Waals surface area contributed by atoms with Crippen LogP contribution in [0, 0.1) is 0 Å². The van der Waals surface area contributed by atoms with Gasteiger partial charge in [0.25, 0.3) is 5.91 Å². The number of nitrogens with one attached hydrogen (secondary N) is 1. The van der Waals surface area contributed by atoms with Crippen molar-refractivity contribution in [3.05, 3.63) is 11.8 Å². The lowest BCUT2D eigenvalue weighted by Crippen LogP contribution is -2.48. The van der Waals surface area contributed by atoms with E-state index in [1.807, 2.05) is 0 Å². The fourth-order valence-corrected chi connectivity index (χ4v) is 2.45. The van der Waals surface area contributed by atoms with Gasteiger partial charge in [0.15, 0.2) is 5.71 Å². The van der Waals surface area contributed by atoms with Crippen LogP contribution in [0.15, 0.2) is 27.0 Å². The monoisotopic (exact) mass is 275 g/mol. The molecule has 20 heavy (non-hydrogen) atoms. The lowest BCUT2D eigenvalue weighted by Gasteiger charge is -2.23. The van der Waals surface area contributed by atoms with E-state index in [-0.39, 0.29) is 11.8 Å². The number of aliphatic imine (C=N–C) groups is 1. The molecule has 0 aromatic heterocycles. The van der Waals surface area contributed by atoms with Crippen molar-refractivity contribution in [2.24, 2.45) is 15.2 Å². The van der Waals surface area contributed by atoms with Gasteiger partial charge in [-0.25, -0.2) is 9.69 Å². The average molecular weight is 275 g/mol. The number of rotatable bonds is 2. The van der Waals surface area contributed by atoms with Crippen LogP contribution in [0.1, 0.15) is 12.8 Å². The van der Waals surface area contributed by atoms with Crippen LogP contribution >= 0.6 is 0 Å². The van der Waals surface area contributed by atoms with Crippen LogP contribution < -0.4 is 5.32 Å². The minimum Gasteiger partial charge on any atom is -0.465 e. The minimum absolute atomic E-state index is 0.0613. The van der Waals surface area contributed by atoms with Crippen LogP contribution in [0.3, 0.4) is 0 Å². The highest BCUT2D eigenvalue weighted by Crippen LogP contribution is 2.19. The van der Waals surface area contributed by atoms with Crippen molar-refractivity contribution in [1.82, 2.24) is 10.2 Å². The molecular weight excluding hydrogens is 262 g/mol. The molecular formula is C12H13N5O3. The van der Waals surface area contributed by atoms with Gasteiger partial charge in [-0.15, -0.1) is 5.10 Å². The highest BCUT2D eigenvalue weighted by atomic mass is 16.4. The van der Waals surface area contributed by atoms with Crippen molar-refractivity contribution in [2.45, 2.75) is 18.9 Å². The van der Waals surface area contributed by atoms with Crippen LogP contribution in [0.2, 0.25) is 0 Å². The summed E-state index contributed by atoms with van der Waals surface area (Å²) in [6.07, 6.45) is 3.01. The normalized spacial score (nSPS) is 23.8. The van der Waals surface area contributed by atoms with Crippen molar-refractivity contribution in [2.75, 3.05) is 13.1 Å². The van der Waals surface area contributed by atoms with E-state index in [0.29, 0.717) is 37.2 Å². The molecule has 0 aromatic rings. The molecule has 1 unspecified atom stereocenters. The van der Waals surface area contributed by atoms with Crippen molar-refractivity contribution in [3.8, 4) is 0 Å². The van der Waals surface area contributed by atoms with Gasteiger partial charge in [0.2, 0.25) is 0 Å². The molecule has 3 aliphatic rings. The third kappa shape index (κ3) is 2.03. The summed E-state index contributed by atoms with van der Waals surface area (Å²) in [7, 11) is 0. The first-order valence-electron chi connectivity index (χ1n) is 6.32. The maximum absolute atomic E-state index is 12.4. The third-order valence-corrected chi connectivity index (χ3v) is 3.46. The number of nitrogens with zero attached hydrogens (tertiary/aromatic N) is 4. The summed E-state index contributed by atoms with van der Waals surface area (Å²) in [6, 6.07) is -0.362. The molecule has 1 saturated heterocycles. The maximum Gasteiger partial charge on any atom is 0.414 e. The molecule has 0 saturated carbocycles. The Kier molecular flexibility index (Phi) is 3.15. The molecule has 8 heteroatoms. The fourth-order valence-electron chi connectivity index (χ4n) is 2.45. The van der Waals surface area contributed by atoms with E-state index in [4.69, 9.17) is 0 Å². The molecule has 0 spiro atoms. The number of carboxylic acid groups (broad SMARTS) is 1. The molecule has 1 atom stereocenters. The lowest BCUT2D eigenvalue weighted by molar-refractivity contribution is -0.123. The smallest absolute Gasteiger partial charge is 0.414 e. The van der Waals surface area contributed by atoms with E-state index in [0.717, 1.165) is 4.90 Å². The third-order valence-electron chi connectivity index (χ3n) is 3.46. The lowest BCUT2D eigenvalue weighted by atomic mass is 10.0. The van der Waals surface area contributed by atoms with Crippen molar-refractivity contribution >= 4 is 29.6 Å². The van der Waals surface area contributed by atoms with Crippen LogP contribution in [-0.4, -0.2) is 58.8 Å². The van der Waals surface area contributed by atoms with Gasteiger partial charge >= 0.3 is 6.09 Å². The Morgan fingerprint density at radius 2 is 2.25 bits per heavy atom. The van der Waals surface area contributed by atoms with E-state index < -0.39 is 12.0 Å². The van der Waals surface area contributed by atoms with Crippen LogP contribution in [0.4, 0.5) is 4.79 Å². The maximum atomic E-state index is 12.4. The first-order valence-corrected chi connectivity index (χ1v) is 6.32. The Hall–Kier alpha value is -2.35. The Bertz CT molecular complexity index is 584. The van der Waals surface area contributed by atoms with Gasteiger partial charge < -0.3 is 10.4 Å². The Morgan fingerprint density at radius 1 is 1.40 bits per heavy atom. The SMILES string of the molecule is O=C(O)N(C(=O)C1=NN=C2CC=NC=C21)C1CCNC1. The highest BCUT2D eigenvalue weighted by Gasteiger charge is 2.37. The molecule has 0 radical (unpaired) electrons. The van der Waals surface area contributed by atoms with Crippen molar-refractivity contribution in [3.63, 3.8) is 0 Å². The Balaban J connectivity index is 1.86. The molecule has 3 heterocycles. The predicted octanol–water partition coefficient (Wildman–Crippen LogP) is 0.0239. The zero-order valence-electron chi connectivity index (χ0n) is 10.6. The van der Waals surface area contributed by atoms with Crippen LogP contribution in [0.25, 0.3) is 0 Å². The quantitative estimate of drug-likeness (QED) is 0.741. The van der Waals surface area contributed by atoms with Gasteiger partial charge in [-0.2, -0.15) is 5.10 Å². The van der Waals surface area contributed by atoms with E-state index in [2.05, 4.69) is 20.5 Å². The standard InChI is InChI=1S/C12H13N5O3/c18-11(17(12(19)20)7-1-3-13-5-7)10-8-6-14-4-2-9(8)15-16-10/h4,6-7,13H,1-3,5H2,(H,19,20). The van der Waals surface area contributed by atoms with Gasteiger partial charge in [-0.3, -0.25) is 9.79 Å². The number of imide groups is 1. The topological polar surface area (TPSA) is 107 Å². The van der Waals surface area contributed by atoms with E-state index in [1.165, 1.54) is 6.20 Å². The van der Waals surface area contributed by atoms with Crippen molar-refractivity contribution < 1.29 is 14.7 Å². The van der Waals surface area contributed by atoms with Gasteiger partial charge in [0, 0.05) is 31.0 Å². The second kappa shape index (κ2) is 4.97.